The first-order valence-electron chi connectivity index (χ1n) is 4.91. The van der Waals surface area contributed by atoms with E-state index in [1.807, 2.05) is 5.32 Å². The van der Waals surface area contributed by atoms with Gasteiger partial charge >= 0.3 is 11.9 Å². The summed E-state index contributed by atoms with van der Waals surface area (Å²) >= 11 is 0. The summed E-state index contributed by atoms with van der Waals surface area (Å²) in [7, 11) is 0. The highest BCUT2D eigenvalue weighted by atomic mass is 19.1. The van der Waals surface area contributed by atoms with Crippen LogP contribution in [0.4, 0.5) is 10.1 Å². The third-order valence-electron chi connectivity index (χ3n) is 1.96. The molecule has 1 amide bonds. The van der Waals surface area contributed by atoms with Gasteiger partial charge in [0.05, 0.1) is 12.3 Å². The van der Waals surface area contributed by atoms with Crippen molar-refractivity contribution in [3.8, 4) is 11.8 Å². The molecular formula is C11H9FN2O4. The van der Waals surface area contributed by atoms with Crippen molar-refractivity contribution >= 4 is 17.6 Å². The van der Waals surface area contributed by atoms with Gasteiger partial charge in [-0.2, -0.15) is 5.26 Å². The number of rotatable bonds is 3. The number of halogens is 1. The number of hydrogen-bond acceptors (Lipinski definition) is 4. The van der Waals surface area contributed by atoms with E-state index in [1.54, 1.807) is 13.0 Å². The largest absolute Gasteiger partial charge is 0.491 e. The molecule has 0 radical (unpaired) electrons. The predicted octanol–water partition coefficient (Wildman–Crippen LogP) is 1.12. The molecule has 1 aromatic rings. The number of hydrogen-bond donors (Lipinski definition) is 2. The molecule has 0 spiro atoms. The second-order valence-electron chi connectivity index (χ2n) is 3.10. The van der Waals surface area contributed by atoms with Crippen molar-refractivity contribution in [2.45, 2.75) is 6.92 Å². The van der Waals surface area contributed by atoms with Crippen LogP contribution in [0.1, 0.15) is 12.5 Å². The summed E-state index contributed by atoms with van der Waals surface area (Å²) in [4.78, 5) is 21.3. The van der Waals surface area contributed by atoms with Crippen molar-refractivity contribution in [3.05, 3.63) is 23.5 Å². The maximum absolute atomic E-state index is 13.7. The fraction of sp³-hybridized carbons (Fsp3) is 0.182. The van der Waals surface area contributed by atoms with Crippen LogP contribution in [0.3, 0.4) is 0 Å². The molecule has 0 aliphatic rings. The molecule has 0 aliphatic carbocycles. The van der Waals surface area contributed by atoms with Gasteiger partial charge in [0, 0.05) is 0 Å². The number of nitrogens with one attached hydrogen (secondary N) is 1. The Labute approximate surface area is 102 Å². The highest BCUT2D eigenvalue weighted by Gasteiger charge is 2.18. The Morgan fingerprint density at radius 3 is 2.72 bits per heavy atom. The average Bonchev–Trinajstić information content (AvgIpc) is 2.33. The van der Waals surface area contributed by atoms with Crippen molar-refractivity contribution < 1.29 is 23.8 Å². The lowest BCUT2D eigenvalue weighted by atomic mass is 10.1. The standard InChI is InChI=1S/C11H9FN2O4/c1-2-18-8-4-3-7(6(5-13)9(8)12)14-10(15)11(16)17/h3-4H,2H2,1H3,(H,14,15)(H,16,17). The average molecular weight is 252 g/mol. The molecule has 7 heteroatoms. The number of carboxylic acid groups (broad SMARTS) is 1. The van der Waals surface area contributed by atoms with E-state index in [9.17, 15) is 14.0 Å². The van der Waals surface area contributed by atoms with Gasteiger partial charge in [-0.05, 0) is 19.1 Å². The number of nitrogens with zero attached hydrogens (tertiary/aromatic N) is 1. The van der Waals surface area contributed by atoms with Crippen LogP contribution >= 0.6 is 0 Å². The maximum atomic E-state index is 13.7. The van der Waals surface area contributed by atoms with Crippen molar-refractivity contribution in [3.63, 3.8) is 0 Å². The van der Waals surface area contributed by atoms with E-state index in [4.69, 9.17) is 15.1 Å². The van der Waals surface area contributed by atoms with Crippen LogP contribution in [-0.4, -0.2) is 23.6 Å². The van der Waals surface area contributed by atoms with Gasteiger partial charge in [0.2, 0.25) is 0 Å². The van der Waals surface area contributed by atoms with Crippen LogP contribution in [0.15, 0.2) is 12.1 Å². The Balaban J connectivity index is 3.15. The Hall–Kier alpha value is -2.62. The molecule has 2 N–H and O–H groups in total. The van der Waals surface area contributed by atoms with Crippen LogP contribution in [0.5, 0.6) is 5.75 Å². The SMILES string of the molecule is CCOc1ccc(NC(=O)C(=O)O)c(C#N)c1F. The van der Waals surface area contributed by atoms with E-state index in [1.165, 1.54) is 12.1 Å². The molecule has 0 saturated carbocycles. The van der Waals surface area contributed by atoms with E-state index in [-0.39, 0.29) is 18.0 Å². The van der Waals surface area contributed by atoms with E-state index >= 15 is 0 Å². The molecule has 0 fully saturated rings. The molecule has 6 nitrogen and oxygen atoms in total. The number of benzene rings is 1. The Morgan fingerprint density at radius 1 is 1.56 bits per heavy atom. The Morgan fingerprint density at radius 2 is 2.22 bits per heavy atom. The maximum Gasteiger partial charge on any atom is 0.394 e. The minimum absolute atomic E-state index is 0.137. The zero-order valence-electron chi connectivity index (χ0n) is 9.36. The number of ether oxygens (including phenoxy) is 1. The van der Waals surface area contributed by atoms with E-state index < -0.39 is 23.3 Å². The minimum Gasteiger partial charge on any atom is -0.491 e. The van der Waals surface area contributed by atoms with E-state index in [0.717, 1.165) is 0 Å². The normalized spacial score (nSPS) is 9.39. The van der Waals surface area contributed by atoms with Gasteiger partial charge in [0.1, 0.15) is 11.6 Å². The first-order chi connectivity index (χ1) is 8.51. The molecule has 94 valence electrons. The summed E-state index contributed by atoms with van der Waals surface area (Å²) < 4.78 is 18.7. The summed E-state index contributed by atoms with van der Waals surface area (Å²) in [5, 5.41) is 19.1. The number of anilines is 1. The first-order valence-corrected chi connectivity index (χ1v) is 4.91. The Bertz CT molecular complexity index is 537. The number of aliphatic carboxylic acids is 1. The predicted molar refractivity (Wildman–Crippen MR) is 58.5 cm³/mol. The third-order valence-corrected chi connectivity index (χ3v) is 1.96. The molecule has 1 aromatic carbocycles. The number of carbonyl (C=O) groups is 2. The molecule has 0 bridgehead atoms. The lowest BCUT2D eigenvalue weighted by molar-refractivity contribution is -0.147. The smallest absolute Gasteiger partial charge is 0.394 e. The number of carbonyl (C=O) groups excluding carboxylic acids is 1. The third kappa shape index (κ3) is 2.74. The van der Waals surface area contributed by atoms with E-state index in [0.29, 0.717) is 0 Å². The number of carboxylic acids is 1. The van der Waals surface area contributed by atoms with Crippen molar-refractivity contribution in [2.75, 3.05) is 11.9 Å². The number of amides is 1. The fourth-order valence-electron chi connectivity index (χ4n) is 1.21. The highest BCUT2D eigenvalue weighted by Crippen LogP contribution is 2.26. The van der Waals surface area contributed by atoms with Crippen molar-refractivity contribution in [1.82, 2.24) is 0 Å². The lowest BCUT2D eigenvalue weighted by Crippen LogP contribution is -2.22. The van der Waals surface area contributed by atoms with Crippen LogP contribution in [0, 0.1) is 17.1 Å². The quantitative estimate of drug-likeness (QED) is 0.785. The van der Waals surface area contributed by atoms with Crippen LogP contribution in [0.2, 0.25) is 0 Å². The molecule has 0 heterocycles. The van der Waals surface area contributed by atoms with Gasteiger partial charge in [0.15, 0.2) is 11.6 Å². The molecule has 1 rings (SSSR count). The van der Waals surface area contributed by atoms with Gasteiger partial charge in [-0.3, -0.25) is 4.79 Å². The highest BCUT2D eigenvalue weighted by molar-refractivity contribution is 6.36. The molecule has 0 saturated heterocycles. The molecule has 0 aromatic heterocycles. The summed E-state index contributed by atoms with van der Waals surface area (Å²) in [6, 6.07) is 3.95. The second kappa shape index (κ2) is 5.63. The van der Waals surface area contributed by atoms with Crippen molar-refractivity contribution in [2.24, 2.45) is 0 Å². The van der Waals surface area contributed by atoms with Gasteiger partial charge in [-0.25, -0.2) is 9.18 Å². The monoisotopic (exact) mass is 252 g/mol. The topological polar surface area (TPSA) is 99.4 Å². The minimum atomic E-state index is -1.73. The van der Waals surface area contributed by atoms with Crippen molar-refractivity contribution in [1.29, 1.82) is 5.26 Å². The summed E-state index contributed by atoms with van der Waals surface area (Å²) in [6.07, 6.45) is 0. The van der Waals surface area contributed by atoms with Gasteiger partial charge in [-0.1, -0.05) is 0 Å². The summed E-state index contributed by atoms with van der Waals surface area (Å²) in [6.45, 7) is 1.86. The van der Waals surface area contributed by atoms with Gasteiger partial charge < -0.3 is 15.2 Å². The zero-order chi connectivity index (χ0) is 13.7. The zero-order valence-corrected chi connectivity index (χ0v) is 9.36. The first kappa shape index (κ1) is 13.4. The van der Waals surface area contributed by atoms with E-state index in [2.05, 4.69) is 0 Å². The van der Waals surface area contributed by atoms with Crippen LogP contribution < -0.4 is 10.1 Å². The van der Waals surface area contributed by atoms with Gasteiger partial charge in [0.25, 0.3) is 0 Å². The van der Waals surface area contributed by atoms with Crippen LogP contribution in [0.25, 0.3) is 0 Å². The Kier molecular flexibility index (Phi) is 4.21. The molecular weight excluding hydrogens is 243 g/mol. The van der Waals surface area contributed by atoms with Gasteiger partial charge in [-0.15, -0.1) is 0 Å². The molecule has 18 heavy (non-hydrogen) atoms. The molecule has 0 unspecified atom stereocenters. The number of nitriles is 1. The second-order valence-corrected chi connectivity index (χ2v) is 3.10. The summed E-state index contributed by atoms with van der Waals surface area (Å²) in [5.41, 5.74) is -0.693. The summed E-state index contributed by atoms with van der Waals surface area (Å²) in [5.74, 6) is -4.16. The molecule has 0 aliphatic heterocycles. The fourth-order valence-corrected chi connectivity index (χ4v) is 1.21. The molecule has 0 atom stereocenters. The lowest BCUT2D eigenvalue weighted by Gasteiger charge is -2.09. The van der Waals surface area contributed by atoms with Crippen LogP contribution in [-0.2, 0) is 9.59 Å².